The fourth-order valence-electron chi connectivity index (χ4n) is 4.54. The first-order valence-corrected chi connectivity index (χ1v) is 14.3. The van der Waals surface area contributed by atoms with Crippen LogP contribution in [0, 0.1) is 0 Å². The van der Waals surface area contributed by atoms with Crippen molar-refractivity contribution < 1.29 is 31.1 Å². The van der Waals surface area contributed by atoms with Crippen LogP contribution in [0.1, 0.15) is 5.69 Å². The topological polar surface area (TPSA) is 111 Å². The number of hydrogen-bond acceptors (Lipinski definition) is 6. The molecule has 10 nitrogen and oxygen atoms in total. The zero-order valence-electron chi connectivity index (χ0n) is 22.2. The number of nitrogens with one attached hydrogen (secondary N) is 2. The molecule has 2 N–H and O–H groups in total. The minimum absolute atomic E-state index is 0.0570. The predicted molar refractivity (Wildman–Crippen MR) is 151 cm³/mol. The lowest BCUT2D eigenvalue weighted by atomic mass is 10.2. The molecule has 1 aromatic heterocycles. The Hall–Kier alpha value is -4.72. The number of halogens is 3. The molecule has 42 heavy (non-hydrogen) atoms. The maximum Gasteiger partial charge on any atom is 0.573 e. The van der Waals surface area contributed by atoms with Gasteiger partial charge in [0.2, 0.25) is 0 Å². The minimum Gasteiger partial charge on any atom is -0.404 e. The Labute approximate surface area is 240 Å². The number of aromatic amines is 1. The second-order valence-electron chi connectivity index (χ2n) is 9.37. The van der Waals surface area contributed by atoms with E-state index in [4.69, 9.17) is 0 Å². The molecule has 1 aliphatic heterocycles. The van der Waals surface area contributed by atoms with Crippen LogP contribution in [-0.2, 0) is 16.6 Å². The largest absolute Gasteiger partial charge is 0.573 e. The normalized spacial score (nSPS) is 14.0. The number of para-hydroxylation sites is 2. The number of amides is 2. The molecule has 220 valence electrons. The number of nitrogens with zero attached hydrogens (tertiary/aromatic N) is 4. The summed E-state index contributed by atoms with van der Waals surface area (Å²) in [5, 5.41) is 2.50. The molecule has 0 atom stereocenters. The van der Waals surface area contributed by atoms with E-state index in [1.165, 1.54) is 33.7 Å². The number of aromatic nitrogens is 2. The van der Waals surface area contributed by atoms with Crippen molar-refractivity contribution in [2.45, 2.75) is 17.8 Å². The van der Waals surface area contributed by atoms with Gasteiger partial charge < -0.3 is 24.8 Å². The Morgan fingerprint density at radius 2 is 1.62 bits per heavy atom. The third-order valence-electron chi connectivity index (χ3n) is 6.62. The SMILES string of the molecule is O=C(Nc1ccccc1OC(F)(F)F)N1CCN(c2ccc(N(Cc3cnc[nH]3)S(=O)(=O)c3ccccc3)cc2)CC1. The highest BCUT2D eigenvalue weighted by Gasteiger charge is 2.33. The summed E-state index contributed by atoms with van der Waals surface area (Å²) in [4.78, 5) is 23.4. The summed E-state index contributed by atoms with van der Waals surface area (Å²) in [6, 6.07) is 20.1. The molecule has 0 aliphatic carbocycles. The van der Waals surface area contributed by atoms with Crippen LogP contribution < -0.4 is 19.3 Å². The van der Waals surface area contributed by atoms with Gasteiger partial charge in [-0.2, -0.15) is 0 Å². The lowest BCUT2D eigenvalue weighted by Crippen LogP contribution is -2.50. The number of urea groups is 1. The summed E-state index contributed by atoms with van der Waals surface area (Å²) >= 11 is 0. The summed E-state index contributed by atoms with van der Waals surface area (Å²) in [5.41, 5.74) is 1.85. The third-order valence-corrected chi connectivity index (χ3v) is 8.41. The average Bonchev–Trinajstić information content (AvgIpc) is 3.50. The van der Waals surface area contributed by atoms with Crippen LogP contribution in [0.3, 0.4) is 0 Å². The fraction of sp³-hybridized carbons (Fsp3) is 0.214. The van der Waals surface area contributed by atoms with Gasteiger partial charge in [-0.1, -0.05) is 30.3 Å². The van der Waals surface area contributed by atoms with Gasteiger partial charge in [-0.3, -0.25) is 4.31 Å². The van der Waals surface area contributed by atoms with Crippen molar-refractivity contribution in [2.75, 3.05) is 40.7 Å². The molecule has 0 radical (unpaired) electrons. The Morgan fingerprint density at radius 1 is 0.952 bits per heavy atom. The maximum atomic E-state index is 13.5. The van der Waals surface area contributed by atoms with E-state index in [1.54, 1.807) is 48.7 Å². The van der Waals surface area contributed by atoms with Gasteiger partial charge in [0.1, 0.15) is 0 Å². The first kappa shape index (κ1) is 28.8. The van der Waals surface area contributed by atoms with Gasteiger partial charge in [0.05, 0.1) is 34.8 Å². The van der Waals surface area contributed by atoms with Crippen LogP contribution in [0.4, 0.5) is 35.0 Å². The zero-order valence-corrected chi connectivity index (χ0v) is 23.0. The van der Waals surface area contributed by atoms with Crippen molar-refractivity contribution >= 4 is 33.1 Å². The van der Waals surface area contributed by atoms with Crippen LogP contribution in [0.25, 0.3) is 0 Å². The van der Waals surface area contributed by atoms with Crippen LogP contribution in [0.15, 0.2) is 96.3 Å². The van der Waals surface area contributed by atoms with Gasteiger partial charge in [-0.05, 0) is 48.5 Å². The summed E-state index contributed by atoms with van der Waals surface area (Å²) in [6.07, 6.45) is -1.83. The average molecular weight is 601 g/mol. The third kappa shape index (κ3) is 6.77. The zero-order chi connectivity index (χ0) is 29.7. The van der Waals surface area contributed by atoms with Gasteiger partial charge in [0.25, 0.3) is 10.0 Å². The van der Waals surface area contributed by atoms with Gasteiger partial charge >= 0.3 is 12.4 Å². The number of ether oxygens (including phenoxy) is 1. The monoisotopic (exact) mass is 600 g/mol. The second kappa shape index (κ2) is 12.0. The molecule has 1 fully saturated rings. The molecule has 0 bridgehead atoms. The second-order valence-corrected chi connectivity index (χ2v) is 11.2. The fourth-order valence-corrected chi connectivity index (χ4v) is 6.00. The number of imidazole rings is 1. The van der Waals surface area contributed by atoms with Gasteiger partial charge in [-0.15, -0.1) is 13.2 Å². The highest BCUT2D eigenvalue weighted by Crippen LogP contribution is 2.31. The van der Waals surface area contributed by atoms with Gasteiger partial charge in [0, 0.05) is 38.1 Å². The first-order valence-electron chi connectivity index (χ1n) is 12.9. The standard InChI is InChI=1S/C28H27F3N6O4S/c29-28(30,31)41-26-9-5-4-8-25(26)34-27(38)36-16-14-35(15-17-36)22-10-12-23(13-11-22)37(19-21-18-32-20-33-21)42(39,40)24-6-2-1-3-7-24/h1-13,18,20H,14-17,19H2,(H,32,33)(H,34,38). The Balaban J connectivity index is 1.25. The van der Waals surface area contributed by atoms with Gasteiger partial charge in [0.15, 0.2) is 5.75 Å². The molecule has 2 amide bonds. The lowest BCUT2D eigenvalue weighted by molar-refractivity contribution is -0.274. The van der Waals surface area contributed by atoms with E-state index < -0.39 is 28.2 Å². The number of H-pyrrole nitrogens is 1. The number of piperazine rings is 1. The number of carbonyl (C=O) groups is 1. The number of sulfonamides is 1. The molecule has 5 rings (SSSR count). The van der Waals surface area contributed by atoms with E-state index in [9.17, 15) is 26.4 Å². The maximum absolute atomic E-state index is 13.5. The summed E-state index contributed by atoms with van der Waals surface area (Å²) in [5.74, 6) is -0.493. The van der Waals surface area contributed by atoms with Crippen molar-refractivity contribution in [2.24, 2.45) is 0 Å². The molecule has 3 aromatic carbocycles. The minimum atomic E-state index is -4.89. The van der Waals surface area contributed by atoms with Crippen molar-refractivity contribution in [3.8, 4) is 5.75 Å². The van der Waals surface area contributed by atoms with Crippen LogP contribution >= 0.6 is 0 Å². The molecule has 4 aromatic rings. The number of carbonyl (C=O) groups excluding carboxylic acids is 1. The molecule has 2 heterocycles. The molecular weight excluding hydrogens is 573 g/mol. The number of anilines is 3. The van der Waals surface area contributed by atoms with E-state index in [0.29, 0.717) is 37.6 Å². The van der Waals surface area contributed by atoms with E-state index in [2.05, 4.69) is 20.0 Å². The molecular formula is C28H27F3N6O4S. The molecule has 1 aliphatic rings. The van der Waals surface area contributed by atoms with E-state index in [1.807, 2.05) is 17.0 Å². The van der Waals surface area contributed by atoms with Crippen molar-refractivity contribution in [1.29, 1.82) is 0 Å². The first-order chi connectivity index (χ1) is 20.1. The predicted octanol–water partition coefficient (Wildman–Crippen LogP) is 5.06. The summed E-state index contributed by atoms with van der Waals surface area (Å²) in [6.45, 7) is 1.64. The lowest BCUT2D eigenvalue weighted by Gasteiger charge is -2.36. The Kier molecular flexibility index (Phi) is 8.24. The quantitative estimate of drug-likeness (QED) is 0.293. The molecule has 0 unspecified atom stereocenters. The molecule has 0 spiro atoms. The van der Waals surface area contributed by atoms with E-state index in [0.717, 1.165) is 11.8 Å². The summed E-state index contributed by atoms with van der Waals surface area (Å²) < 4.78 is 70.6. The number of alkyl halides is 3. The van der Waals surface area contributed by atoms with Crippen LogP contribution in [0.2, 0.25) is 0 Å². The van der Waals surface area contributed by atoms with Crippen molar-refractivity contribution in [3.05, 3.63) is 97.1 Å². The number of benzene rings is 3. The Morgan fingerprint density at radius 3 is 2.26 bits per heavy atom. The molecule has 14 heteroatoms. The highest BCUT2D eigenvalue weighted by atomic mass is 32.2. The van der Waals surface area contributed by atoms with Crippen LogP contribution in [0.5, 0.6) is 5.75 Å². The van der Waals surface area contributed by atoms with E-state index >= 15 is 0 Å². The highest BCUT2D eigenvalue weighted by molar-refractivity contribution is 7.92. The molecule has 1 saturated heterocycles. The van der Waals surface area contributed by atoms with Gasteiger partial charge in [-0.25, -0.2) is 18.2 Å². The van der Waals surface area contributed by atoms with Crippen LogP contribution in [-0.4, -0.2) is 61.9 Å². The van der Waals surface area contributed by atoms with Crippen molar-refractivity contribution in [1.82, 2.24) is 14.9 Å². The van der Waals surface area contributed by atoms with E-state index in [-0.39, 0.29) is 17.1 Å². The summed E-state index contributed by atoms with van der Waals surface area (Å²) in [7, 11) is -3.87. The molecule has 0 saturated carbocycles. The smallest absolute Gasteiger partial charge is 0.404 e. The van der Waals surface area contributed by atoms with Crippen molar-refractivity contribution in [3.63, 3.8) is 0 Å². The number of rotatable bonds is 8. The Bertz CT molecular complexity index is 1590. The number of hydrogen-bond donors (Lipinski definition) is 2.